The van der Waals surface area contributed by atoms with E-state index in [4.69, 9.17) is 0 Å². The molecule has 1 atom stereocenters. The Hall–Kier alpha value is -2.69. The van der Waals surface area contributed by atoms with E-state index in [1.54, 1.807) is 24.3 Å². The predicted molar refractivity (Wildman–Crippen MR) is 88.0 cm³/mol. The second-order valence-corrected chi connectivity index (χ2v) is 5.32. The Morgan fingerprint density at radius 3 is 2.39 bits per heavy atom. The van der Waals surface area contributed by atoms with E-state index in [0.717, 1.165) is 6.42 Å². The third-order valence-corrected chi connectivity index (χ3v) is 3.48. The summed E-state index contributed by atoms with van der Waals surface area (Å²) < 4.78 is 12.9. The van der Waals surface area contributed by atoms with Gasteiger partial charge in [-0.3, -0.25) is 9.59 Å². The summed E-state index contributed by atoms with van der Waals surface area (Å²) in [5, 5.41) is 5.57. The van der Waals surface area contributed by atoms with Gasteiger partial charge < -0.3 is 10.6 Å². The first-order chi connectivity index (χ1) is 11.0. The fraction of sp³-hybridized carbons (Fsp3) is 0.222. The monoisotopic (exact) mass is 314 g/mol. The summed E-state index contributed by atoms with van der Waals surface area (Å²) in [4.78, 5) is 24.2. The molecule has 23 heavy (non-hydrogen) atoms. The van der Waals surface area contributed by atoms with Gasteiger partial charge in [0.2, 0.25) is 0 Å². The molecule has 0 unspecified atom stereocenters. The number of carbonyl (C=O) groups excluding carboxylic acids is 2. The van der Waals surface area contributed by atoms with E-state index >= 15 is 0 Å². The van der Waals surface area contributed by atoms with Gasteiger partial charge in [-0.25, -0.2) is 4.39 Å². The molecule has 0 saturated heterocycles. The van der Waals surface area contributed by atoms with Crippen LogP contribution in [0.2, 0.25) is 0 Å². The van der Waals surface area contributed by atoms with Gasteiger partial charge in [-0.05, 0) is 55.8 Å². The number of carbonyl (C=O) groups is 2. The number of halogens is 1. The molecule has 0 spiro atoms. The molecule has 0 aliphatic rings. The summed E-state index contributed by atoms with van der Waals surface area (Å²) in [6.07, 6.45) is 0.840. The van der Waals surface area contributed by atoms with Crippen molar-refractivity contribution in [2.45, 2.75) is 26.3 Å². The van der Waals surface area contributed by atoms with E-state index in [1.807, 2.05) is 13.8 Å². The zero-order chi connectivity index (χ0) is 16.8. The van der Waals surface area contributed by atoms with Gasteiger partial charge in [0.25, 0.3) is 11.8 Å². The van der Waals surface area contributed by atoms with Gasteiger partial charge in [0.1, 0.15) is 5.82 Å². The molecule has 2 rings (SSSR count). The molecular weight excluding hydrogens is 295 g/mol. The Kier molecular flexibility index (Phi) is 5.46. The zero-order valence-corrected chi connectivity index (χ0v) is 13.1. The van der Waals surface area contributed by atoms with E-state index in [2.05, 4.69) is 10.6 Å². The lowest BCUT2D eigenvalue weighted by molar-refractivity contribution is 0.0938. The van der Waals surface area contributed by atoms with Gasteiger partial charge in [-0.1, -0.05) is 13.0 Å². The predicted octanol–water partition coefficient (Wildman–Crippen LogP) is 3.61. The summed E-state index contributed by atoms with van der Waals surface area (Å²) in [7, 11) is 0. The van der Waals surface area contributed by atoms with Crippen LogP contribution in [0.25, 0.3) is 0 Å². The summed E-state index contributed by atoms with van der Waals surface area (Å²) in [6, 6.07) is 12.0. The highest BCUT2D eigenvalue weighted by Gasteiger charge is 2.11. The van der Waals surface area contributed by atoms with E-state index in [-0.39, 0.29) is 17.9 Å². The number of hydrogen-bond acceptors (Lipinski definition) is 2. The Bertz CT molecular complexity index is 698. The van der Waals surface area contributed by atoms with Crippen molar-refractivity contribution in [3.63, 3.8) is 0 Å². The SMILES string of the molecule is CC[C@@H](C)NC(=O)c1cccc(NC(=O)c2ccc(F)cc2)c1. The smallest absolute Gasteiger partial charge is 0.255 e. The number of anilines is 1. The molecule has 0 saturated carbocycles. The minimum Gasteiger partial charge on any atom is -0.350 e. The molecule has 2 aromatic carbocycles. The van der Waals surface area contributed by atoms with Crippen LogP contribution in [0.3, 0.4) is 0 Å². The molecular formula is C18H19FN2O2. The third-order valence-electron chi connectivity index (χ3n) is 3.48. The van der Waals surface area contributed by atoms with E-state index in [0.29, 0.717) is 16.8 Å². The average Bonchev–Trinajstić information content (AvgIpc) is 2.55. The van der Waals surface area contributed by atoms with Crippen molar-refractivity contribution < 1.29 is 14.0 Å². The molecule has 5 heteroatoms. The van der Waals surface area contributed by atoms with Crippen LogP contribution in [0.1, 0.15) is 41.0 Å². The van der Waals surface area contributed by atoms with Crippen molar-refractivity contribution in [3.05, 3.63) is 65.5 Å². The van der Waals surface area contributed by atoms with Crippen molar-refractivity contribution in [2.24, 2.45) is 0 Å². The van der Waals surface area contributed by atoms with Gasteiger partial charge >= 0.3 is 0 Å². The van der Waals surface area contributed by atoms with Crippen LogP contribution >= 0.6 is 0 Å². The van der Waals surface area contributed by atoms with Crippen LogP contribution in [0.4, 0.5) is 10.1 Å². The molecule has 2 N–H and O–H groups in total. The van der Waals surface area contributed by atoms with Crippen LogP contribution in [0.15, 0.2) is 48.5 Å². The quantitative estimate of drug-likeness (QED) is 0.886. The molecule has 2 amide bonds. The number of amides is 2. The maximum atomic E-state index is 12.9. The fourth-order valence-electron chi connectivity index (χ4n) is 1.95. The minimum atomic E-state index is -0.398. The van der Waals surface area contributed by atoms with Crippen molar-refractivity contribution in [1.29, 1.82) is 0 Å². The first-order valence-corrected chi connectivity index (χ1v) is 7.47. The summed E-state index contributed by atoms with van der Waals surface area (Å²) in [6.45, 7) is 3.92. The van der Waals surface area contributed by atoms with Crippen LogP contribution < -0.4 is 10.6 Å². The average molecular weight is 314 g/mol. The molecule has 0 radical (unpaired) electrons. The van der Waals surface area contributed by atoms with Gasteiger partial charge in [-0.2, -0.15) is 0 Å². The van der Waals surface area contributed by atoms with E-state index < -0.39 is 5.82 Å². The maximum Gasteiger partial charge on any atom is 0.255 e. The second kappa shape index (κ2) is 7.54. The lowest BCUT2D eigenvalue weighted by Crippen LogP contribution is -2.31. The molecule has 0 bridgehead atoms. The molecule has 0 aliphatic heterocycles. The number of rotatable bonds is 5. The zero-order valence-electron chi connectivity index (χ0n) is 13.1. The number of benzene rings is 2. The molecule has 2 aromatic rings. The highest BCUT2D eigenvalue weighted by atomic mass is 19.1. The second-order valence-electron chi connectivity index (χ2n) is 5.32. The van der Waals surface area contributed by atoms with E-state index in [9.17, 15) is 14.0 Å². The highest BCUT2D eigenvalue weighted by Crippen LogP contribution is 2.13. The summed E-state index contributed by atoms with van der Waals surface area (Å²) >= 11 is 0. The standard InChI is InChI=1S/C18H19FN2O2/c1-3-12(2)20-18(23)14-5-4-6-16(11-14)21-17(22)13-7-9-15(19)10-8-13/h4-12H,3H2,1-2H3,(H,20,23)(H,21,22)/t12-/m1/s1. The Morgan fingerprint density at radius 2 is 1.74 bits per heavy atom. The topological polar surface area (TPSA) is 58.2 Å². The van der Waals surface area contributed by atoms with Crippen LogP contribution in [-0.4, -0.2) is 17.9 Å². The first kappa shape index (κ1) is 16.7. The van der Waals surface area contributed by atoms with E-state index in [1.165, 1.54) is 24.3 Å². The lowest BCUT2D eigenvalue weighted by Gasteiger charge is -2.12. The summed E-state index contributed by atoms with van der Waals surface area (Å²) in [5.74, 6) is -0.938. The van der Waals surface area contributed by atoms with Crippen molar-refractivity contribution in [1.82, 2.24) is 5.32 Å². The first-order valence-electron chi connectivity index (χ1n) is 7.47. The largest absolute Gasteiger partial charge is 0.350 e. The lowest BCUT2D eigenvalue weighted by atomic mass is 10.1. The Labute approximate surface area is 134 Å². The summed E-state index contributed by atoms with van der Waals surface area (Å²) in [5.41, 5.74) is 1.33. The van der Waals surface area contributed by atoms with Crippen LogP contribution in [-0.2, 0) is 0 Å². The van der Waals surface area contributed by atoms with Crippen LogP contribution in [0, 0.1) is 5.82 Å². The minimum absolute atomic E-state index is 0.0833. The van der Waals surface area contributed by atoms with Gasteiger partial charge in [0.15, 0.2) is 0 Å². The Morgan fingerprint density at radius 1 is 1.04 bits per heavy atom. The number of nitrogens with one attached hydrogen (secondary N) is 2. The van der Waals surface area contributed by atoms with Crippen molar-refractivity contribution in [3.8, 4) is 0 Å². The molecule has 0 fully saturated rings. The van der Waals surface area contributed by atoms with Crippen LogP contribution in [0.5, 0.6) is 0 Å². The van der Waals surface area contributed by atoms with Crippen molar-refractivity contribution >= 4 is 17.5 Å². The fourth-order valence-corrected chi connectivity index (χ4v) is 1.95. The maximum absolute atomic E-state index is 12.9. The normalized spacial score (nSPS) is 11.6. The van der Waals surface area contributed by atoms with Gasteiger partial charge in [0.05, 0.1) is 0 Å². The molecule has 4 nitrogen and oxygen atoms in total. The highest BCUT2D eigenvalue weighted by molar-refractivity contribution is 6.05. The van der Waals surface area contributed by atoms with Gasteiger partial charge in [-0.15, -0.1) is 0 Å². The van der Waals surface area contributed by atoms with Crippen molar-refractivity contribution in [2.75, 3.05) is 5.32 Å². The number of hydrogen-bond donors (Lipinski definition) is 2. The Balaban J connectivity index is 2.09. The molecule has 0 aliphatic carbocycles. The molecule has 0 heterocycles. The third kappa shape index (κ3) is 4.64. The molecule has 120 valence electrons. The van der Waals surface area contributed by atoms with Gasteiger partial charge in [0, 0.05) is 22.9 Å². The molecule has 0 aromatic heterocycles.